The largest absolute Gasteiger partial charge is 0.465 e. The van der Waals surface area contributed by atoms with Crippen LogP contribution in [0.4, 0.5) is 0 Å². The predicted octanol–water partition coefficient (Wildman–Crippen LogP) is 2.80. The van der Waals surface area contributed by atoms with Crippen LogP contribution in [0.15, 0.2) is 36.5 Å². The van der Waals surface area contributed by atoms with E-state index in [9.17, 15) is 4.79 Å². The molecule has 3 rings (SSSR count). The third-order valence-electron chi connectivity index (χ3n) is 3.46. The van der Waals surface area contributed by atoms with Gasteiger partial charge in [0.25, 0.3) is 0 Å². The molecule has 0 aliphatic heterocycles. The van der Waals surface area contributed by atoms with Crippen molar-refractivity contribution < 1.29 is 9.53 Å². The van der Waals surface area contributed by atoms with Crippen LogP contribution < -0.4 is 0 Å². The molecule has 2 aromatic heterocycles. The summed E-state index contributed by atoms with van der Waals surface area (Å²) in [7, 11) is 1.37. The SMILES string of the molecule is COC(=O)c1ccc2nnc(-c3cc(C)ccc3C)n2c1. The number of hydrogen-bond acceptors (Lipinski definition) is 4. The molecule has 0 fully saturated rings. The number of methoxy groups -OCH3 is 1. The topological polar surface area (TPSA) is 56.5 Å². The standard InChI is InChI=1S/C16H15N3O2/c1-10-4-5-11(2)13(8-10)15-18-17-14-7-6-12(9-19(14)15)16(20)21-3/h4-9H,1-3H3. The fraction of sp³-hybridized carbons (Fsp3) is 0.188. The Morgan fingerprint density at radius 2 is 1.95 bits per heavy atom. The van der Waals surface area contributed by atoms with E-state index in [-0.39, 0.29) is 5.97 Å². The number of esters is 1. The molecule has 3 aromatic rings. The van der Waals surface area contributed by atoms with Gasteiger partial charge in [0, 0.05) is 11.8 Å². The van der Waals surface area contributed by atoms with Gasteiger partial charge in [0.15, 0.2) is 11.5 Å². The Hall–Kier alpha value is -2.69. The van der Waals surface area contributed by atoms with Crippen molar-refractivity contribution in [2.24, 2.45) is 0 Å². The number of carbonyl (C=O) groups is 1. The van der Waals surface area contributed by atoms with Crippen LogP contribution in [0.5, 0.6) is 0 Å². The van der Waals surface area contributed by atoms with Crippen LogP contribution in [-0.4, -0.2) is 27.7 Å². The Balaban J connectivity index is 2.23. The molecule has 0 atom stereocenters. The van der Waals surface area contributed by atoms with Crippen molar-refractivity contribution in [1.29, 1.82) is 0 Å². The lowest BCUT2D eigenvalue weighted by molar-refractivity contribution is 0.0600. The fourth-order valence-electron chi connectivity index (χ4n) is 2.29. The first-order chi connectivity index (χ1) is 10.1. The smallest absolute Gasteiger partial charge is 0.339 e. The van der Waals surface area contributed by atoms with E-state index in [2.05, 4.69) is 28.4 Å². The molecule has 0 radical (unpaired) electrons. The maximum absolute atomic E-state index is 11.7. The van der Waals surface area contributed by atoms with Gasteiger partial charge >= 0.3 is 5.97 Å². The molecule has 106 valence electrons. The Labute approximate surface area is 122 Å². The average molecular weight is 281 g/mol. The Kier molecular flexibility index (Phi) is 3.17. The molecule has 2 heterocycles. The van der Waals surface area contributed by atoms with Gasteiger partial charge in [-0.15, -0.1) is 10.2 Å². The van der Waals surface area contributed by atoms with Crippen molar-refractivity contribution in [3.63, 3.8) is 0 Å². The van der Waals surface area contributed by atoms with Crippen molar-refractivity contribution in [3.05, 3.63) is 53.2 Å². The molecule has 5 nitrogen and oxygen atoms in total. The zero-order valence-corrected chi connectivity index (χ0v) is 12.1. The van der Waals surface area contributed by atoms with E-state index in [1.54, 1.807) is 18.3 Å². The molecule has 0 saturated heterocycles. The highest BCUT2D eigenvalue weighted by Crippen LogP contribution is 2.24. The molecule has 0 aliphatic carbocycles. The van der Waals surface area contributed by atoms with Crippen LogP contribution in [0.2, 0.25) is 0 Å². The van der Waals surface area contributed by atoms with Crippen molar-refractivity contribution in [2.75, 3.05) is 7.11 Å². The van der Waals surface area contributed by atoms with E-state index >= 15 is 0 Å². The van der Waals surface area contributed by atoms with Crippen LogP contribution in [0.1, 0.15) is 21.5 Å². The lowest BCUT2D eigenvalue weighted by Gasteiger charge is -2.06. The van der Waals surface area contributed by atoms with Gasteiger partial charge in [-0.05, 0) is 37.6 Å². The predicted molar refractivity (Wildman–Crippen MR) is 79.2 cm³/mol. The van der Waals surface area contributed by atoms with Gasteiger partial charge in [-0.2, -0.15) is 0 Å². The maximum Gasteiger partial charge on any atom is 0.339 e. The number of carbonyl (C=O) groups excluding carboxylic acids is 1. The second-order valence-corrected chi connectivity index (χ2v) is 4.98. The van der Waals surface area contributed by atoms with Crippen LogP contribution in [0.25, 0.3) is 17.0 Å². The molecule has 0 saturated carbocycles. The number of rotatable bonds is 2. The lowest BCUT2D eigenvalue weighted by atomic mass is 10.1. The summed E-state index contributed by atoms with van der Waals surface area (Å²) >= 11 is 0. The van der Waals surface area contributed by atoms with E-state index in [1.807, 2.05) is 18.2 Å². The fourth-order valence-corrected chi connectivity index (χ4v) is 2.29. The van der Waals surface area contributed by atoms with E-state index in [0.717, 1.165) is 22.5 Å². The first kappa shape index (κ1) is 13.3. The van der Waals surface area contributed by atoms with Gasteiger partial charge in [-0.3, -0.25) is 4.40 Å². The second-order valence-electron chi connectivity index (χ2n) is 4.98. The zero-order chi connectivity index (χ0) is 15.0. The number of benzene rings is 1. The number of nitrogens with zero attached hydrogens (tertiary/aromatic N) is 3. The Bertz CT molecular complexity index is 837. The third kappa shape index (κ3) is 2.27. The Morgan fingerprint density at radius 3 is 2.71 bits per heavy atom. The van der Waals surface area contributed by atoms with Crippen molar-refractivity contribution >= 4 is 11.6 Å². The van der Waals surface area contributed by atoms with Crippen LogP contribution >= 0.6 is 0 Å². The molecule has 5 heteroatoms. The van der Waals surface area contributed by atoms with Gasteiger partial charge < -0.3 is 4.74 Å². The van der Waals surface area contributed by atoms with E-state index in [4.69, 9.17) is 4.74 Å². The summed E-state index contributed by atoms with van der Waals surface area (Å²) < 4.78 is 6.57. The molecule has 21 heavy (non-hydrogen) atoms. The summed E-state index contributed by atoms with van der Waals surface area (Å²) in [5, 5.41) is 8.41. The van der Waals surface area contributed by atoms with Gasteiger partial charge in [0.2, 0.25) is 0 Å². The number of ether oxygens (including phenoxy) is 1. The first-order valence-electron chi connectivity index (χ1n) is 6.61. The first-order valence-corrected chi connectivity index (χ1v) is 6.61. The third-order valence-corrected chi connectivity index (χ3v) is 3.46. The summed E-state index contributed by atoms with van der Waals surface area (Å²) in [5.41, 5.74) is 4.43. The maximum atomic E-state index is 11.7. The summed E-state index contributed by atoms with van der Waals surface area (Å²) in [6, 6.07) is 9.62. The average Bonchev–Trinajstić information content (AvgIpc) is 2.91. The number of aryl methyl sites for hydroxylation is 2. The highest BCUT2D eigenvalue weighted by Gasteiger charge is 2.13. The van der Waals surface area contributed by atoms with E-state index in [1.165, 1.54) is 7.11 Å². The number of pyridine rings is 1. The minimum Gasteiger partial charge on any atom is -0.465 e. The molecule has 0 aliphatic rings. The van der Waals surface area contributed by atoms with E-state index < -0.39 is 0 Å². The van der Waals surface area contributed by atoms with Gasteiger partial charge in [0.1, 0.15) is 0 Å². The van der Waals surface area contributed by atoms with Gasteiger partial charge in [-0.25, -0.2) is 4.79 Å². The van der Waals surface area contributed by atoms with Crippen LogP contribution in [0, 0.1) is 13.8 Å². The molecular weight excluding hydrogens is 266 g/mol. The highest BCUT2D eigenvalue weighted by atomic mass is 16.5. The van der Waals surface area contributed by atoms with Gasteiger partial charge in [0.05, 0.1) is 12.7 Å². The summed E-state index contributed by atoms with van der Waals surface area (Å²) in [4.78, 5) is 11.7. The van der Waals surface area contributed by atoms with Crippen molar-refractivity contribution in [1.82, 2.24) is 14.6 Å². The van der Waals surface area contributed by atoms with Crippen LogP contribution in [0.3, 0.4) is 0 Å². The zero-order valence-electron chi connectivity index (χ0n) is 12.1. The molecule has 0 N–H and O–H groups in total. The number of hydrogen-bond donors (Lipinski definition) is 0. The van der Waals surface area contributed by atoms with Crippen LogP contribution in [-0.2, 0) is 4.74 Å². The number of aromatic nitrogens is 3. The molecule has 0 spiro atoms. The minimum atomic E-state index is -0.377. The monoisotopic (exact) mass is 281 g/mol. The molecular formula is C16H15N3O2. The van der Waals surface area contributed by atoms with E-state index in [0.29, 0.717) is 11.2 Å². The molecule has 1 aromatic carbocycles. The lowest BCUT2D eigenvalue weighted by Crippen LogP contribution is -2.03. The second kappa shape index (κ2) is 5.01. The molecule has 0 amide bonds. The normalized spacial score (nSPS) is 10.8. The molecule has 0 bridgehead atoms. The minimum absolute atomic E-state index is 0.377. The highest BCUT2D eigenvalue weighted by molar-refractivity contribution is 5.89. The summed E-state index contributed by atoms with van der Waals surface area (Å²) in [6.45, 7) is 4.06. The number of fused-ring (bicyclic) bond motifs is 1. The van der Waals surface area contributed by atoms with Crippen molar-refractivity contribution in [3.8, 4) is 11.4 Å². The Morgan fingerprint density at radius 1 is 1.14 bits per heavy atom. The quantitative estimate of drug-likeness (QED) is 0.678. The summed E-state index contributed by atoms with van der Waals surface area (Å²) in [6.07, 6.45) is 1.71. The molecule has 0 unspecified atom stereocenters. The van der Waals surface area contributed by atoms with Gasteiger partial charge in [-0.1, -0.05) is 17.7 Å². The summed E-state index contributed by atoms with van der Waals surface area (Å²) in [5.74, 6) is 0.342. The van der Waals surface area contributed by atoms with Crippen molar-refractivity contribution in [2.45, 2.75) is 13.8 Å².